The van der Waals surface area contributed by atoms with Crippen LogP contribution in [0.3, 0.4) is 0 Å². The van der Waals surface area contributed by atoms with Gasteiger partial charge in [0.05, 0.1) is 0 Å². The highest BCUT2D eigenvalue weighted by Gasteiger charge is 2.17. The molecule has 4 nitrogen and oxygen atoms in total. The molecule has 1 fully saturated rings. The molecule has 4 heteroatoms. The van der Waals surface area contributed by atoms with E-state index < -0.39 is 0 Å². The van der Waals surface area contributed by atoms with Crippen LogP contribution in [-0.4, -0.2) is 37.0 Å². The van der Waals surface area contributed by atoms with Crippen LogP contribution in [0.1, 0.15) is 41.3 Å². The molecule has 2 rings (SSSR count). The molecule has 1 aromatic carbocycles. The van der Waals surface area contributed by atoms with Crippen molar-refractivity contribution in [3.63, 3.8) is 0 Å². The molecule has 1 aromatic rings. The van der Waals surface area contributed by atoms with E-state index >= 15 is 0 Å². The smallest absolute Gasteiger partial charge is 0.248 e. The van der Waals surface area contributed by atoms with E-state index in [9.17, 15) is 4.79 Å². The van der Waals surface area contributed by atoms with Crippen LogP contribution in [0.2, 0.25) is 0 Å². The molecule has 116 valence electrons. The highest BCUT2D eigenvalue weighted by Crippen LogP contribution is 2.16. The van der Waals surface area contributed by atoms with E-state index in [2.05, 4.69) is 17.1 Å². The number of amides is 1. The van der Waals surface area contributed by atoms with Crippen molar-refractivity contribution >= 4 is 5.91 Å². The first kappa shape index (κ1) is 16.0. The molecular weight excluding hydrogens is 262 g/mol. The molecule has 21 heavy (non-hydrogen) atoms. The summed E-state index contributed by atoms with van der Waals surface area (Å²) >= 11 is 0. The van der Waals surface area contributed by atoms with Gasteiger partial charge >= 0.3 is 0 Å². The maximum atomic E-state index is 11.1. The van der Waals surface area contributed by atoms with Gasteiger partial charge < -0.3 is 16.0 Å². The summed E-state index contributed by atoms with van der Waals surface area (Å²) in [6.07, 6.45) is 2.58. The summed E-state index contributed by atoms with van der Waals surface area (Å²) in [5.41, 5.74) is 8.25. The topological polar surface area (TPSA) is 58.4 Å². The number of carbonyl (C=O) groups is 1. The van der Waals surface area contributed by atoms with Crippen LogP contribution in [-0.2, 0) is 6.54 Å². The zero-order chi connectivity index (χ0) is 15.2. The molecule has 0 spiro atoms. The van der Waals surface area contributed by atoms with Gasteiger partial charge in [-0.25, -0.2) is 0 Å². The van der Waals surface area contributed by atoms with E-state index in [0.717, 1.165) is 24.6 Å². The molecule has 3 N–H and O–H groups in total. The van der Waals surface area contributed by atoms with Crippen LogP contribution >= 0.6 is 0 Å². The number of rotatable bonds is 6. The van der Waals surface area contributed by atoms with Crippen molar-refractivity contribution in [1.82, 2.24) is 10.2 Å². The largest absolute Gasteiger partial charge is 0.366 e. The van der Waals surface area contributed by atoms with Crippen LogP contribution < -0.4 is 11.1 Å². The first-order valence-electron chi connectivity index (χ1n) is 7.92. The van der Waals surface area contributed by atoms with E-state index in [1.807, 2.05) is 25.1 Å². The summed E-state index contributed by atoms with van der Waals surface area (Å²) in [4.78, 5) is 13.7. The molecule has 0 aliphatic carbocycles. The third kappa shape index (κ3) is 4.55. The third-order valence-corrected chi connectivity index (χ3v) is 4.53. The molecule has 1 heterocycles. The number of hydrogen-bond donors (Lipinski definition) is 2. The van der Waals surface area contributed by atoms with Crippen molar-refractivity contribution < 1.29 is 4.79 Å². The van der Waals surface area contributed by atoms with Crippen LogP contribution in [0, 0.1) is 12.8 Å². The summed E-state index contributed by atoms with van der Waals surface area (Å²) in [7, 11) is 0. The predicted molar refractivity (Wildman–Crippen MR) is 86.2 cm³/mol. The molecule has 0 radical (unpaired) electrons. The minimum atomic E-state index is -0.361. The van der Waals surface area contributed by atoms with E-state index in [-0.39, 0.29) is 5.91 Å². The van der Waals surface area contributed by atoms with Gasteiger partial charge in [0.1, 0.15) is 0 Å². The number of carbonyl (C=O) groups excluding carboxylic acids is 1. The van der Waals surface area contributed by atoms with Crippen molar-refractivity contribution in [3.05, 3.63) is 34.9 Å². The van der Waals surface area contributed by atoms with Crippen molar-refractivity contribution in [2.24, 2.45) is 11.7 Å². The minimum Gasteiger partial charge on any atom is -0.366 e. The lowest BCUT2D eigenvalue weighted by Crippen LogP contribution is -2.37. The number of hydrogen-bond acceptors (Lipinski definition) is 3. The van der Waals surface area contributed by atoms with Gasteiger partial charge in [0.15, 0.2) is 0 Å². The third-order valence-electron chi connectivity index (χ3n) is 4.53. The Bertz CT molecular complexity index is 479. The Kier molecular flexibility index (Phi) is 5.76. The molecule has 1 aliphatic heterocycles. The molecular formula is C17H27N3O. The Morgan fingerprint density at radius 2 is 2.10 bits per heavy atom. The Morgan fingerprint density at radius 1 is 1.38 bits per heavy atom. The van der Waals surface area contributed by atoms with Gasteiger partial charge in [0.2, 0.25) is 5.91 Å². The first-order chi connectivity index (χ1) is 10.1. The second kappa shape index (κ2) is 7.57. The Balaban J connectivity index is 1.77. The Labute approximate surface area is 127 Å². The number of benzene rings is 1. The molecule has 0 unspecified atom stereocenters. The summed E-state index contributed by atoms with van der Waals surface area (Å²) < 4.78 is 0. The lowest BCUT2D eigenvalue weighted by Gasteiger charge is -2.31. The van der Waals surface area contributed by atoms with Crippen LogP contribution in [0.15, 0.2) is 18.2 Å². The number of primary amides is 1. The number of nitrogens with one attached hydrogen (secondary N) is 1. The molecule has 0 bridgehead atoms. The van der Waals surface area contributed by atoms with Crippen molar-refractivity contribution in [2.45, 2.75) is 33.2 Å². The zero-order valence-corrected chi connectivity index (χ0v) is 13.2. The molecule has 0 saturated carbocycles. The summed E-state index contributed by atoms with van der Waals surface area (Å²) in [5.74, 6) is 0.429. The number of likely N-dealkylation sites (tertiary alicyclic amines) is 1. The fraction of sp³-hybridized carbons (Fsp3) is 0.588. The predicted octanol–water partition coefficient (Wildman–Crippen LogP) is 1.92. The van der Waals surface area contributed by atoms with Gasteiger partial charge in [-0.05, 0) is 75.1 Å². The average Bonchev–Trinajstić information content (AvgIpc) is 2.49. The van der Waals surface area contributed by atoms with Gasteiger partial charge in [-0.3, -0.25) is 4.79 Å². The Morgan fingerprint density at radius 3 is 2.67 bits per heavy atom. The fourth-order valence-corrected chi connectivity index (χ4v) is 2.97. The van der Waals surface area contributed by atoms with Crippen molar-refractivity contribution in [1.29, 1.82) is 0 Å². The second-order valence-corrected chi connectivity index (χ2v) is 6.01. The van der Waals surface area contributed by atoms with Crippen LogP contribution in [0.4, 0.5) is 0 Å². The number of aryl methyl sites for hydroxylation is 1. The molecule has 0 aromatic heterocycles. The Hall–Kier alpha value is -1.39. The normalized spacial score (nSPS) is 17.0. The first-order valence-corrected chi connectivity index (χ1v) is 7.92. The molecule has 1 aliphatic rings. The number of nitrogens with zero attached hydrogens (tertiary/aromatic N) is 1. The fourth-order valence-electron chi connectivity index (χ4n) is 2.97. The van der Waals surface area contributed by atoms with E-state index in [0.29, 0.717) is 5.56 Å². The highest BCUT2D eigenvalue weighted by molar-refractivity contribution is 5.93. The van der Waals surface area contributed by atoms with Gasteiger partial charge in [-0.1, -0.05) is 13.0 Å². The van der Waals surface area contributed by atoms with Gasteiger partial charge in [-0.2, -0.15) is 0 Å². The van der Waals surface area contributed by atoms with E-state index in [4.69, 9.17) is 5.73 Å². The summed E-state index contributed by atoms with van der Waals surface area (Å²) in [6.45, 7) is 9.84. The second-order valence-electron chi connectivity index (χ2n) is 6.01. The number of piperidine rings is 1. The SMILES string of the molecule is CCN1CCC(CNCc2ccc(C(N)=O)cc2C)CC1. The van der Waals surface area contributed by atoms with E-state index in [1.165, 1.54) is 38.0 Å². The lowest BCUT2D eigenvalue weighted by molar-refractivity contribution is 0.1000. The van der Waals surface area contributed by atoms with Crippen molar-refractivity contribution in [2.75, 3.05) is 26.2 Å². The van der Waals surface area contributed by atoms with Crippen molar-refractivity contribution in [3.8, 4) is 0 Å². The zero-order valence-electron chi connectivity index (χ0n) is 13.2. The average molecular weight is 289 g/mol. The molecule has 0 atom stereocenters. The quantitative estimate of drug-likeness (QED) is 0.841. The maximum Gasteiger partial charge on any atom is 0.248 e. The van der Waals surface area contributed by atoms with E-state index in [1.54, 1.807) is 0 Å². The summed E-state index contributed by atoms with van der Waals surface area (Å²) in [6, 6.07) is 5.69. The van der Waals surface area contributed by atoms with Crippen LogP contribution in [0.5, 0.6) is 0 Å². The minimum absolute atomic E-state index is 0.361. The molecule has 1 saturated heterocycles. The van der Waals surface area contributed by atoms with Gasteiger partial charge in [0.25, 0.3) is 0 Å². The monoisotopic (exact) mass is 289 g/mol. The number of nitrogens with two attached hydrogens (primary N) is 1. The summed E-state index contributed by atoms with van der Waals surface area (Å²) in [5, 5.41) is 3.56. The van der Waals surface area contributed by atoms with Gasteiger partial charge in [-0.15, -0.1) is 0 Å². The highest BCUT2D eigenvalue weighted by atomic mass is 16.1. The lowest BCUT2D eigenvalue weighted by atomic mass is 9.96. The standard InChI is InChI=1S/C17H27N3O/c1-3-20-8-6-14(7-9-20)11-19-12-16-5-4-15(17(18)21)10-13(16)2/h4-5,10,14,19H,3,6-9,11-12H2,1-2H3,(H2,18,21). The maximum absolute atomic E-state index is 11.1. The van der Waals surface area contributed by atoms with Gasteiger partial charge in [0, 0.05) is 12.1 Å². The van der Waals surface area contributed by atoms with Crippen LogP contribution in [0.25, 0.3) is 0 Å². The molecule has 1 amide bonds.